The lowest BCUT2D eigenvalue weighted by molar-refractivity contribution is 0.0207. The van der Waals surface area contributed by atoms with Gasteiger partial charge in [-0.3, -0.25) is 0 Å². The van der Waals surface area contributed by atoms with Crippen LogP contribution in [0.5, 0.6) is 11.5 Å². The molecule has 0 bridgehead atoms. The quantitative estimate of drug-likeness (QED) is 0.886. The molecule has 2 aliphatic heterocycles. The molecule has 1 saturated heterocycles. The lowest BCUT2D eigenvalue weighted by Crippen LogP contribution is -2.36. The van der Waals surface area contributed by atoms with Gasteiger partial charge in [-0.1, -0.05) is 6.07 Å². The Morgan fingerprint density at radius 3 is 3.00 bits per heavy atom. The summed E-state index contributed by atoms with van der Waals surface area (Å²) in [6, 6.07) is 6.07. The molecule has 1 fully saturated rings. The van der Waals surface area contributed by atoms with Gasteiger partial charge in [0.2, 0.25) is 6.79 Å². The van der Waals surface area contributed by atoms with Crippen molar-refractivity contribution < 1.29 is 14.2 Å². The Morgan fingerprint density at radius 2 is 2.17 bits per heavy atom. The van der Waals surface area contributed by atoms with Crippen LogP contribution in [0.25, 0.3) is 0 Å². The van der Waals surface area contributed by atoms with E-state index in [1.807, 2.05) is 12.1 Å². The van der Waals surface area contributed by atoms with Crippen molar-refractivity contribution in [3.63, 3.8) is 0 Å². The number of fused-ring (bicyclic) bond motifs is 1. The summed E-state index contributed by atoms with van der Waals surface area (Å²) in [7, 11) is 0. The Labute approximate surface area is 107 Å². The fraction of sp³-hybridized carbons (Fsp3) is 0.571. The summed E-state index contributed by atoms with van der Waals surface area (Å²) in [4.78, 5) is 0. The van der Waals surface area contributed by atoms with Crippen molar-refractivity contribution in [3.8, 4) is 11.5 Å². The van der Waals surface area contributed by atoms with Crippen LogP contribution in [0.3, 0.4) is 0 Å². The summed E-state index contributed by atoms with van der Waals surface area (Å²) in [6.45, 7) is 5.12. The van der Waals surface area contributed by atoms with Gasteiger partial charge in [0.1, 0.15) is 0 Å². The first-order chi connectivity index (χ1) is 8.75. The van der Waals surface area contributed by atoms with Crippen LogP contribution in [0, 0.1) is 0 Å². The number of benzene rings is 1. The van der Waals surface area contributed by atoms with Crippen LogP contribution in [-0.2, 0) is 11.3 Å². The third kappa shape index (κ3) is 2.44. The molecule has 1 aromatic rings. The molecule has 98 valence electrons. The molecule has 0 aliphatic carbocycles. The van der Waals surface area contributed by atoms with E-state index in [0.29, 0.717) is 6.79 Å². The van der Waals surface area contributed by atoms with Gasteiger partial charge in [0, 0.05) is 19.7 Å². The number of nitrogens with one attached hydrogen (secondary N) is 1. The van der Waals surface area contributed by atoms with Crippen molar-refractivity contribution >= 4 is 0 Å². The predicted octanol–water partition coefficient (Wildman–Crippen LogP) is 2.07. The topological polar surface area (TPSA) is 39.7 Å². The highest BCUT2D eigenvalue weighted by atomic mass is 16.7. The molecule has 4 heteroatoms. The van der Waals surface area contributed by atoms with Crippen molar-refractivity contribution in [3.05, 3.63) is 23.8 Å². The molecule has 0 spiro atoms. The van der Waals surface area contributed by atoms with Crippen LogP contribution in [0.1, 0.15) is 25.3 Å². The van der Waals surface area contributed by atoms with E-state index in [1.54, 1.807) is 0 Å². The van der Waals surface area contributed by atoms with Crippen LogP contribution in [0.4, 0.5) is 0 Å². The molecule has 0 radical (unpaired) electrons. The molecule has 3 rings (SSSR count). The maximum atomic E-state index is 5.75. The SMILES string of the molecule is CC1(CNCc2ccc3c(c2)OCO3)CCCO1. The summed E-state index contributed by atoms with van der Waals surface area (Å²) >= 11 is 0. The number of hydrogen-bond donors (Lipinski definition) is 1. The van der Waals surface area contributed by atoms with Crippen LogP contribution >= 0.6 is 0 Å². The molecular weight excluding hydrogens is 230 g/mol. The highest BCUT2D eigenvalue weighted by molar-refractivity contribution is 5.44. The highest BCUT2D eigenvalue weighted by Gasteiger charge is 2.28. The number of ether oxygens (including phenoxy) is 3. The maximum absolute atomic E-state index is 5.75. The van der Waals surface area contributed by atoms with Gasteiger partial charge in [-0.25, -0.2) is 0 Å². The normalized spacial score (nSPS) is 25.6. The van der Waals surface area contributed by atoms with Crippen LogP contribution in [0.2, 0.25) is 0 Å². The Hall–Kier alpha value is -1.26. The number of rotatable bonds is 4. The zero-order valence-corrected chi connectivity index (χ0v) is 10.7. The monoisotopic (exact) mass is 249 g/mol. The standard InChI is InChI=1S/C14H19NO3/c1-14(5-2-6-18-14)9-15-8-11-3-4-12-13(7-11)17-10-16-12/h3-4,7,15H,2,5-6,8-10H2,1H3. The van der Waals surface area contributed by atoms with E-state index in [-0.39, 0.29) is 5.60 Å². The smallest absolute Gasteiger partial charge is 0.231 e. The van der Waals surface area contributed by atoms with Crippen molar-refractivity contribution in [1.82, 2.24) is 5.32 Å². The van der Waals surface area contributed by atoms with Gasteiger partial charge in [-0.2, -0.15) is 0 Å². The van der Waals surface area contributed by atoms with E-state index in [4.69, 9.17) is 14.2 Å². The Balaban J connectivity index is 1.54. The summed E-state index contributed by atoms with van der Waals surface area (Å²) in [5.74, 6) is 1.68. The fourth-order valence-electron chi connectivity index (χ4n) is 2.50. The molecule has 2 heterocycles. The van der Waals surface area contributed by atoms with E-state index < -0.39 is 0 Å². The molecule has 2 aliphatic rings. The van der Waals surface area contributed by atoms with E-state index in [9.17, 15) is 0 Å². The molecule has 1 unspecified atom stereocenters. The van der Waals surface area contributed by atoms with Crippen LogP contribution < -0.4 is 14.8 Å². The summed E-state index contributed by atoms with van der Waals surface area (Å²) < 4.78 is 16.4. The predicted molar refractivity (Wildman–Crippen MR) is 67.9 cm³/mol. The summed E-state index contributed by atoms with van der Waals surface area (Å²) in [6.07, 6.45) is 2.31. The maximum Gasteiger partial charge on any atom is 0.231 e. The minimum Gasteiger partial charge on any atom is -0.454 e. The van der Waals surface area contributed by atoms with Crippen molar-refractivity contribution in [2.24, 2.45) is 0 Å². The molecule has 4 nitrogen and oxygen atoms in total. The molecule has 1 atom stereocenters. The first-order valence-electron chi connectivity index (χ1n) is 6.48. The molecule has 18 heavy (non-hydrogen) atoms. The average molecular weight is 249 g/mol. The van der Waals surface area contributed by atoms with Crippen molar-refractivity contribution in [2.45, 2.75) is 31.9 Å². The third-order valence-corrected chi connectivity index (χ3v) is 3.57. The van der Waals surface area contributed by atoms with Gasteiger partial charge in [-0.15, -0.1) is 0 Å². The van der Waals surface area contributed by atoms with Gasteiger partial charge in [0.05, 0.1) is 5.60 Å². The Kier molecular flexibility index (Phi) is 3.14. The van der Waals surface area contributed by atoms with Crippen LogP contribution in [-0.4, -0.2) is 25.5 Å². The third-order valence-electron chi connectivity index (χ3n) is 3.57. The summed E-state index contributed by atoms with van der Waals surface area (Å²) in [5, 5.41) is 3.45. The minimum absolute atomic E-state index is 0.0103. The second-order valence-electron chi connectivity index (χ2n) is 5.19. The number of hydrogen-bond acceptors (Lipinski definition) is 4. The zero-order valence-electron chi connectivity index (χ0n) is 10.7. The van der Waals surface area contributed by atoms with E-state index in [0.717, 1.165) is 37.6 Å². The van der Waals surface area contributed by atoms with E-state index in [1.165, 1.54) is 12.0 Å². The first kappa shape index (κ1) is 11.8. The molecular formula is C14H19NO3. The fourth-order valence-corrected chi connectivity index (χ4v) is 2.50. The van der Waals surface area contributed by atoms with Crippen LogP contribution in [0.15, 0.2) is 18.2 Å². The minimum atomic E-state index is 0.0103. The van der Waals surface area contributed by atoms with Gasteiger partial charge >= 0.3 is 0 Å². The molecule has 0 aromatic heterocycles. The zero-order chi connectivity index (χ0) is 12.4. The van der Waals surface area contributed by atoms with Gasteiger partial charge < -0.3 is 19.5 Å². The Morgan fingerprint density at radius 1 is 1.28 bits per heavy atom. The lowest BCUT2D eigenvalue weighted by atomic mass is 10.0. The first-order valence-corrected chi connectivity index (χ1v) is 6.48. The molecule has 0 amide bonds. The molecule has 1 aromatic carbocycles. The highest BCUT2D eigenvalue weighted by Crippen LogP contribution is 2.32. The van der Waals surface area contributed by atoms with Crippen molar-refractivity contribution in [1.29, 1.82) is 0 Å². The van der Waals surface area contributed by atoms with Gasteiger partial charge in [0.15, 0.2) is 11.5 Å². The summed E-state index contributed by atoms with van der Waals surface area (Å²) in [5.41, 5.74) is 1.22. The molecule has 1 N–H and O–H groups in total. The Bertz CT molecular complexity index is 427. The van der Waals surface area contributed by atoms with Gasteiger partial charge in [-0.05, 0) is 37.5 Å². The second-order valence-corrected chi connectivity index (χ2v) is 5.19. The van der Waals surface area contributed by atoms with E-state index in [2.05, 4.69) is 18.3 Å². The van der Waals surface area contributed by atoms with Crippen molar-refractivity contribution in [2.75, 3.05) is 19.9 Å². The van der Waals surface area contributed by atoms with Gasteiger partial charge in [0.25, 0.3) is 0 Å². The molecule has 0 saturated carbocycles. The van der Waals surface area contributed by atoms with E-state index >= 15 is 0 Å². The second kappa shape index (κ2) is 4.78. The average Bonchev–Trinajstić information content (AvgIpc) is 2.97. The lowest BCUT2D eigenvalue weighted by Gasteiger charge is -2.23. The largest absolute Gasteiger partial charge is 0.454 e.